The van der Waals surface area contributed by atoms with Crippen molar-refractivity contribution >= 4 is 12.0 Å². The molecule has 5 heteroatoms. The summed E-state index contributed by atoms with van der Waals surface area (Å²) >= 11 is 0. The van der Waals surface area contributed by atoms with Gasteiger partial charge >= 0.3 is 12.0 Å². The van der Waals surface area contributed by atoms with E-state index in [0.717, 1.165) is 5.56 Å². The number of esters is 1. The summed E-state index contributed by atoms with van der Waals surface area (Å²) in [4.78, 5) is 23.1. The number of hydrogen-bond acceptors (Lipinski definition) is 3. The SMILES string of the molecule is COC(=O)c1ccc(CNC(=O)N/C=C/C2CCCCC2)cc1. The Morgan fingerprint density at radius 2 is 1.87 bits per heavy atom. The Kier molecular flexibility index (Phi) is 6.66. The predicted octanol–water partition coefficient (Wildman–Crippen LogP) is 3.37. The Balaban J connectivity index is 1.71. The fourth-order valence-corrected chi connectivity index (χ4v) is 2.70. The molecule has 0 heterocycles. The van der Waals surface area contributed by atoms with Gasteiger partial charge in [0.25, 0.3) is 0 Å². The van der Waals surface area contributed by atoms with Crippen LogP contribution in [0.2, 0.25) is 0 Å². The third kappa shape index (κ3) is 5.77. The van der Waals surface area contributed by atoms with Gasteiger partial charge in [-0.1, -0.05) is 37.5 Å². The molecule has 124 valence electrons. The van der Waals surface area contributed by atoms with E-state index in [9.17, 15) is 9.59 Å². The maximum absolute atomic E-state index is 11.7. The second kappa shape index (κ2) is 8.98. The molecular weight excluding hydrogens is 292 g/mol. The number of ether oxygens (including phenoxy) is 1. The molecule has 1 saturated carbocycles. The minimum atomic E-state index is -0.366. The number of urea groups is 1. The number of allylic oxidation sites excluding steroid dienone is 1. The van der Waals surface area contributed by atoms with Gasteiger partial charge in [-0.25, -0.2) is 9.59 Å². The van der Waals surface area contributed by atoms with Gasteiger partial charge in [0, 0.05) is 12.7 Å². The first-order valence-corrected chi connectivity index (χ1v) is 8.07. The molecule has 0 atom stereocenters. The van der Waals surface area contributed by atoms with Crippen LogP contribution in [-0.2, 0) is 11.3 Å². The van der Waals surface area contributed by atoms with Crippen molar-refractivity contribution in [3.8, 4) is 0 Å². The van der Waals surface area contributed by atoms with Crippen molar-refractivity contribution in [2.75, 3.05) is 7.11 Å². The second-order valence-corrected chi connectivity index (χ2v) is 5.77. The molecule has 1 fully saturated rings. The lowest BCUT2D eigenvalue weighted by molar-refractivity contribution is 0.0600. The number of hydrogen-bond donors (Lipinski definition) is 2. The van der Waals surface area contributed by atoms with Crippen molar-refractivity contribution < 1.29 is 14.3 Å². The van der Waals surface area contributed by atoms with E-state index in [1.165, 1.54) is 39.2 Å². The third-order valence-corrected chi connectivity index (χ3v) is 4.06. The zero-order valence-corrected chi connectivity index (χ0v) is 13.5. The molecule has 0 bridgehead atoms. The van der Waals surface area contributed by atoms with Crippen LogP contribution in [-0.4, -0.2) is 19.1 Å². The predicted molar refractivity (Wildman–Crippen MR) is 88.9 cm³/mol. The molecule has 2 N–H and O–H groups in total. The first kappa shape index (κ1) is 17.1. The van der Waals surface area contributed by atoms with Crippen molar-refractivity contribution in [2.24, 2.45) is 5.92 Å². The fraction of sp³-hybridized carbons (Fsp3) is 0.444. The Labute approximate surface area is 137 Å². The first-order chi connectivity index (χ1) is 11.2. The van der Waals surface area contributed by atoms with Gasteiger partial charge in [-0.3, -0.25) is 0 Å². The van der Waals surface area contributed by atoms with E-state index < -0.39 is 0 Å². The van der Waals surface area contributed by atoms with Gasteiger partial charge in [-0.2, -0.15) is 0 Å². The summed E-state index contributed by atoms with van der Waals surface area (Å²) in [5.41, 5.74) is 1.42. The molecule has 1 aromatic carbocycles. The quantitative estimate of drug-likeness (QED) is 0.818. The van der Waals surface area contributed by atoms with Gasteiger partial charge in [0.15, 0.2) is 0 Å². The molecular formula is C18H24N2O3. The Morgan fingerprint density at radius 1 is 1.17 bits per heavy atom. The van der Waals surface area contributed by atoms with Gasteiger partial charge in [-0.05, 0) is 36.5 Å². The van der Waals surface area contributed by atoms with Crippen molar-refractivity contribution in [2.45, 2.75) is 38.6 Å². The van der Waals surface area contributed by atoms with Crippen LogP contribution in [0, 0.1) is 5.92 Å². The molecule has 1 aliphatic carbocycles. The van der Waals surface area contributed by atoms with Crippen LogP contribution in [0.4, 0.5) is 4.79 Å². The van der Waals surface area contributed by atoms with Crippen LogP contribution in [0.3, 0.4) is 0 Å². The monoisotopic (exact) mass is 316 g/mol. The van der Waals surface area contributed by atoms with E-state index in [1.807, 2.05) is 0 Å². The smallest absolute Gasteiger partial charge is 0.337 e. The van der Waals surface area contributed by atoms with Crippen molar-refractivity contribution in [3.05, 3.63) is 47.7 Å². The van der Waals surface area contributed by atoms with Gasteiger partial charge in [0.05, 0.1) is 12.7 Å². The molecule has 2 amide bonds. The molecule has 0 radical (unpaired) electrons. The maximum Gasteiger partial charge on any atom is 0.337 e. The number of nitrogens with one attached hydrogen (secondary N) is 2. The summed E-state index contributed by atoms with van der Waals surface area (Å²) in [6.07, 6.45) is 10.1. The molecule has 0 aliphatic heterocycles. The molecule has 5 nitrogen and oxygen atoms in total. The fourth-order valence-electron chi connectivity index (χ4n) is 2.70. The van der Waals surface area contributed by atoms with Crippen LogP contribution in [0.5, 0.6) is 0 Å². The largest absolute Gasteiger partial charge is 0.465 e. The van der Waals surface area contributed by atoms with Crippen LogP contribution in [0.15, 0.2) is 36.5 Å². The topological polar surface area (TPSA) is 67.4 Å². The lowest BCUT2D eigenvalue weighted by Crippen LogP contribution is -2.31. The Hall–Kier alpha value is -2.30. The highest BCUT2D eigenvalue weighted by molar-refractivity contribution is 5.89. The van der Waals surface area contributed by atoms with E-state index >= 15 is 0 Å². The van der Waals surface area contributed by atoms with Crippen LogP contribution in [0.25, 0.3) is 0 Å². The molecule has 2 rings (SSSR count). The highest BCUT2D eigenvalue weighted by Crippen LogP contribution is 2.24. The van der Waals surface area contributed by atoms with E-state index in [4.69, 9.17) is 0 Å². The highest BCUT2D eigenvalue weighted by atomic mass is 16.5. The van der Waals surface area contributed by atoms with Gasteiger partial charge in [-0.15, -0.1) is 0 Å². The zero-order valence-electron chi connectivity index (χ0n) is 13.5. The molecule has 0 aromatic heterocycles. The number of methoxy groups -OCH3 is 1. The van der Waals surface area contributed by atoms with Crippen molar-refractivity contribution in [3.63, 3.8) is 0 Å². The Bertz CT molecular complexity index is 546. The standard InChI is InChI=1S/C18H24N2O3/c1-23-17(21)16-9-7-15(8-10-16)13-20-18(22)19-12-11-14-5-3-2-4-6-14/h7-12,14H,2-6,13H2,1H3,(H2,19,20,22)/b12-11+. The summed E-state index contributed by atoms with van der Waals surface area (Å²) in [6.45, 7) is 0.407. The summed E-state index contributed by atoms with van der Waals surface area (Å²) in [5.74, 6) is 0.227. The molecule has 1 aromatic rings. The van der Waals surface area contributed by atoms with Crippen LogP contribution >= 0.6 is 0 Å². The van der Waals surface area contributed by atoms with Crippen LogP contribution in [0.1, 0.15) is 48.0 Å². The van der Waals surface area contributed by atoms with Gasteiger partial charge in [0.2, 0.25) is 0 Å². The minimum absolute atomic E-state index is 0.228. The van der Waals surface area contributed by atoms with E-state index in [2.05, 4.69) is 21.4 Å². The zero-order chi connectivity index (χ0) is 16.5. The summed E-state index contributed by atoms with van der Waals surface area (Å²) in [6, 6.07) is 6.73. The number of carbonyl (C=O) groups excluding carboxylic acids is 2. The summed E-state index contributed by atoms with van der Waals surface area (Å²) < 4.78 is 4.64. The number of amides is 2. The molecule has 0 saturated heterocycles. The van der Waals surface area contributed by atoms with E-state index in [1.54, 1.807) is 30.5 Å². The lowest BCUT2D eigenvalue weighted by atomic mass is 9.89. The minimum Gasteiger partial charge on any atom is -0.465 e. The van der Waals surface area contributed by atoms with Crippen molar-refractivity contribution in [1.82, 2.24) is 10.6 Å². The number of carbonyl (C=O) groups is 2. The van der Waals surface area contributed by atoms with Gasteiger partial charge in [0.1, 0.15) is 0 Å². The summed E-state index contributed by atoms with van der Waals surface area (Å²) in [5, 5.41) is 5.52. The first-order valence-electron chi connectivity index (χ1n) is 8.07. The molecule has 1 aliphatic rings. The molecule has 0 unspecified atom stereocenters. The van der Waals surface area contributed by atoms with E-state index in [0.29, 0.717) is 18.0 Å². The molecule has 0 spiro atoms. The normalized spacial score (nSPS) is 15.3. The lowest BCUT2D eigenvalue weighted by Gasteiger charge is -2.17. The average molecular weight is 316 g/mol. The number of benzene rings is 1. The maximum atomic E-state index is 11.7. The number of rotatable bonds is 5. The molecule has 23 heavy (non-hydrogen) atoms. The highest BCUT2D eigenvalue weighted by Gasteiger charge is 2.09. The second-order valence-electron chi connectivity index (χ2n) is 5.77. The van der Waals surface area contributed by atoms with Crippen LogP contribution < -0.4 is 10.6 Å². The van der Waals surface area contributed by atoms with Crippen molar-refractivity contribution in [1.29, 1.82) is 0 Å². The summed E-state index contributed by atoms with van der Waals surface area (Å²) in [7, 11) is 1.35. The third-order valence-electron chi connectivity index (χ3n) is 4.06. The van der Waals surface area contributed by atoms with Gasteiger partial charge < -0.3 is 15.4 Å². The van der Waals surface area contributed by atoms with E-state index in [-0.39, 0.29) is 12.0 Å². The average Bonchev–Trinajstić information content (AvgIpc) is 2.60. The Morgan fingerprint density at radius 3 is 2.52 bits per heavy atom.